The van der Waals surface area contributed by atoms with Crippen LogP contribution < -0.4 is 5.84 Å². The van der Waals surface area contributed by atoms with Crippen LogP contribution in [0.3, 0.4) is 0 Å². The van der Waals surface area contributed by atoms with Crippen molar-refractivity contribution in [1.29, 1.82) is 0 Å². The Morgan fingerprint density at radius 3 is 2.20 bits per heavy atom. The van der Waals surface area contributed by atoms with Gasteiger partial charge in [-0.05, 0) is 31.9 Å². The number of nitrogen functional groups attached to an aromatic ring is 1. The predicted octanol–water partition coefficient (Wildman–Crippen LogP) is 1.58. The van der Waals surface area contributed by atoms with Gasteiger partial charge in [0.1, 0.15) is 5.69 Å². The molecule has 4 nitrogen and oxygen atoms in total. The van der Waals surface area contributed by atoms with Gasteiger partial charge in [0.15, 0.2) is 0 Å². The second-order valence-corrected chi connectivity index (χ2v) is 3.82. The quantitative estimate of drug-likeness (QED) is 0.714. The third-order valence-electron chi connectivity index (χ3n) is 2.44. The maximum absolute atomic E-state index is 5.44. The van der Waals surface area contributed by atoms with Crippen LogP contribution in [0.15, 0.2) is 18.3 Å². The molecule has 0 aliphatic heterocycles. The Labute approximate surface area is 88.7 Å². The molecule has 78 valence electrons. The van der Waals surface area contributed by atoms with Crippen molar-refractivity contribution in [2.45, 2.75) is 20.8 Å². The maximum Gasteiger partial charge on any atom is 0.115 e. The Kier molecular flexibility index (Phi) is 2.19. The highest BCUT2D eigenvalue weighted by Gasteiger charge is 2.09. The molecular formula is C11H14N4. The molecule has 4 heteroatoms. The fourth-order valence-corrected chi connectivity index (χ4v) is 1.97. The largest absolute Gasteiger partial charge is 0.306 e. The number of aryl methyl sites for hydroxylation is 3. The molecular weight excluding hydrogens is 188 g/mol. The zero-order valence-electron chi connectivity index (χ0n) is 9.15. The highest BCUT2D eigenvalue weighted by molar-refractivity contribution is 5.67. The van der Waals surface area contributed by atoms with Crippen LogP contribution >= 0.6 is 0 Å². The zero-order valence-corrected chi connectivity index (χ0v) is 9.15. The van der Waals surface area contributed by atoms with Gasteiger partial charge in [0.25, 0.3) is 0 Å². The summed E-state index contributed by atoms with van der Waals surface area (Å²) in [6.45, 7) is 6.24. The second kappa shape index (κ2) is 3.38. The minimum Gasteiger partial charge on any atom is -0.306 e. The summed E-state index contributed by atoms with van der Waals surface area (Å²) < 4.78 is 0. The van der Waals surface area contributed by atoms with Crippen molar-refractivity contribution >= 4 is 0 Å². The van der Waals surface area contributed by atoms with E-state index in [1.54, 1.807) is 6.20 Å². The fraction of sp³-hybridized carbons (Fsp3) is 0.273. The number of hydrogen-bond donors (Lipinski definition) is 1. The molecule has 0 fully saturated rings. The van der Waals surface area contributed by atoms with Crippen molar-refractivity contribution < 1.29 is 0 Å². The number of rotatable bonds is 1. The highest BCUT2D eigenvalue weighted by atomic mass is 15.6. The number of nitrogens with zero attached hydrogens (tertiary/aromatic N) is 3. The summed E-state index contributed by atoms with van der Waals surface area (Å²) >= 11 is 0. The summed E-state index contributed by atoms with van der Waals surface area (Å²) in [5.74, 6) is 5.44. The van der Waals surface area contributed by atoms with E-state index < -0.39 is 0 Å². The average Bonchev–Trinajstić information content (AvgIpc) is 2.49. The highest BCUT2D eigenvalue weighted by Crippen LogP contribution is 2.25. The van der Waals surface area contributed by atoms with Crippen LogP contribution in [0.25, 0.3) is 11.3 Å². The van der Waals surface area contributed by atoms with E-state index in [0.717, 1.165) is 16.2 Å². The lowest BCUT2D eigenvalue weighted by Gasteiger charge is -2.07. The number of hydrogen-bond acceptors (Lipinski definition) is 3. The van der Waals surface area contributed by atoms with Gasteiger partial charge < -0.3 is 5.84 Å². The van der Waals surface area contributed by atoms with Crippen LogP contribution in [0.5, 0.6) is 0 Å². The topological polar surface area (TPSA) is 56.7 Å². The van der Waals surface area contributed by atoms with Gasteiger partial charge in [-0.2, -0.15) is 0 Å². The maximum atomic E-state index is 5.44. The van der Waals surface area contributed by atoms with Crippen molar-refractivity contribution in [2.75, 3.05) is 5.84 Å². The zero-order chi connectivity index (χ0) is 11.0. The number of aromatic nitrogens is 3. The predicted molar refractivity (Wildman–Crippen MR) is 59.8 cm³/mol. The average molecular weight is 202 g/mol. The van der Waals surface area contributed by atoms with Gasteiger partial charge in [-0.25, -0.2) is 0 Å². The Morgan fingerprint density at radius 2 is 1.73 bits per heavy atom. The van der Waals surface area contributed by atoms with E-state index in [-0.39, 0.29) is 0 Å². The van der Waals surface area contributed by atoms with E-state index >= 15 is 0 Å². The molecule has 2 aromatic rings. The van der Waals surface area contributed by atoms with Crippen LogP contribution in [0.2, 0.25) is 0 Å². The van der Waals surface area contributed by atoms with Crippen molar-refractivity contribution in [1.82, 2.24) is 15.1 Å². The molecule has 15 heavy (non-hydrogen) atoms. The SMILES string of the molecule is Cc1cc(C)c(-c2cnn(N)n2)c(C)c1. The second-order valence-electron chi connectivity index (χ2n) is 3.82. The first-order valence-electron chi connectivity index (χ1n) is 4.83. The summed E-state index contributed by atoms with van der Waals surface area (Å²) in [5, 5.41) is 8.00. The first kappa shape index (κ1) is 9.71. The molecule has 1 aromatic carbocycles. The molecule has 1 heterocycles. The monoisotopic (exact) mass is 202 g/mol. The van der Waals surface area contributed by atoms with E-state index in [2.05, 4.69) is 43.1 Å². The van der Waals surface area contributed by atoms with Crippen molar-refractivity contribution in [3.8, 4) is 11.3 Å². The first-order valence-corrected chi connectivity index (χ1v) is 4.83. The first-order chi connectivity index (χ1) is 7.08. The van der Waals surface area contributed by atoms with Crippen molar-refractivity contribution in [2.24, 2.45) is 0 Å². The van der Waals surface area contributed by atoms with Gasteiger partial charge in [-0.15, -0.1) is 10.2 Å². The molecule has 0 amide bonds. The van der Waals surface area contributed by atoms with E-state index in [1.807, 2.05) is 0 Å². The molecule has 0 aliphatic rings. The molecule has 0 bridgehead atoms. The van der Waals surface area contributed by atoms with E-state index in [1.165, 1.54) is 16.7 Å². The molecule has 1 aromatic heterocycles. The Bertz CT molecular complexity index is 476. The van der Waals surface area contributed by atoms with Gasteiger partial charge in [-0.3, -0.25) is 0 Å². The molecule has 0 saturated heterocycles. The molecule has 2 N–H and O–H groups in total. The van der Waals surface area contributed by atoms with Gasteiger partial charge in [0.2, 0.25) is 0 Å². The van der Waals surface area contributed by atoms with Crippen molar-refractivity contribution in [3.05, 3.63) is 35.0 Å². The molecule has 2 rings (SSSR count). The number of nitrogens with two attached hydrogens (primary N) is 1. The third-order valence-corrected chi connectivity index (χ3v) is 2.44. The third kappa shape index (κ3) is 1.70. The van der Waals surface area contributed by atoms with Crippen LogP contribution in [0, 0.1) is 20.8 Å². The smallest absolute Gasteiger partial charge is 0.115 e. The minimum atomic E-state index is 0.826. The molecule has 0 radical (unpaired) electrons. The molecule has 0 saturated carbocycles. The van der Waals surface area contributed by atoms with Crippen LogP contribution in [-0.4, -0.2) is 15.1 Å². The normalized spacial score (nSPS) is 10.6. The van der Waals surface area contributed by atoms with Gasteiger partial charge in [0.05, 0.1) is 6.20 Å². The standard InChI is InChI=1S/C11H14N4/c1-7-4-8(2)11(9(3)5-7)10-6-13-15(12)14-10/h4-6H,12H2,1-3H3. The molecule has 0 aliphatic carbocycles. The van der Waals surface area contributed by atoms with Gasteiger partial charge >= 0.3 is 0 Å². The van der Waals surface area contributed by atoms with Crippen LogP contribution in [0.4, 0.5) is 0 Å². The van der Waals surface area contributed by atoms with Crippen LogP contribution in [0.1, 0.15) is 16.7 Å². The summed E-state index contributed by atoms with van der Waals surface area (Å²) in [6.07, 6.45) is 1.69. The summed E-state index contributed by atoms with van der Waals surface area (Å²) in [4.78, 5) is 1.09. The summed E-state index contributed by atoms with van der Waals surface area (Å²) in [6, 6.07) is 4.27. The number of benzene rings is 1. The Balaban J connectivity index is 2.62. The Hall–Kier alpha value is -1.84. The van der Waals surface area contributed by atoms with E-state index in [0.29, 0.717) is 0 Å². The minimum absolute atomic E-state index is 0.826. The molecule has 0 atom stereocenters. The fourth-order valence-electron chi connectivity index (χ4n) is 1.97. The van der Waals surface area contributed by atoms with E-state index in [9.17, 15) is 0 Å². The van der Waals surface area contributed by atoms with Crippen LogP contribution in [-0.2, 0) is 0 Å². The lowest BCUT2D eigenvalue weighted by Crippen LogP contribution is -2.11. The van der Waals surface area contributed by atoms with Gasteiger partial charge in [0, 0.05) is 5.56 Å². The molecule has 0 unspecified atom stereocenters. The Morgan fingerprint density at radius 1 is 1.13 bits per heavy atom. The lowest BCUT2D eigenvalue weighted by atomic mass is 9.98. The van der Waals surface area contributed by atoms with Gasteiger partial charge in [-0.1, -0.05) is 22.6 Å². The summed E-state index contributed by atoms with van der Waals surface area (Å²) in [7, 11) is 0. The lowest BCUT2D eigenvalue weighted by molar-refractivity contribution is 0.709. The van der Waals surface area contributed by atoms with E-state index in [4.69, 9.17) is 5.84 Å². The molecule has 0 spiro atoms. The summed E-state index contributed by atoms with van der Waals surface area (Å²) in [5.41, 5.74) is 5.61. The van der Waals surface area contributed by atoms with Crippen molar-refractivity contribution in [3.63, 3.8) is 0 Å².